The number of nitrogens with one attached hydrogen (secondary N) is 1. The highest BCUT2D eigenvalue weighted by Gasteiger charge is 2.40. The molecule has 1 heterocycles. The van der Waals surface area contributed by atoms with Gasteiger partial charge in [-0.15, -0.1) is 0 Å². The van der Waals surface area contributed by atoms with Gasteiger partial charge in [0.2, 0.25) is 0 Å². The molecule has 0 saturated carbocycles. The van der Waals surface area contributed by atoms with E-state index in [-0.39, 0.29) is 29.5 Å². The van der Waals surface area contributed by atoms with Gasteiger partial charge in [-0.25, -0.2) is 4.79 Å². The fraction of sp³-hybridized carbons (Fsp3) is 0.286. The number of ether oxygens (including phenoxy) is 2. The van der Waals surface area contributed by atoms with Gasteiger partial charge in [-0.2, -0.15) is 0 Å². The predicted octanol–water partition coefficient (Wildman–Crippen LogP) is 4.22. The standard InChI is InChI=1S/C21H20N2O5/c1-27-18-11-14(23(25)26)10-17-15-4-3-5-16(15)19(22-20(17)18)12-6-8-13(9-7-12)21(24)28-2/h3-4,6-11,15-16,19,22H,5H2,1-2H3/t15-,16+,19?/m1/s1. The van der Waals surface area contributed by atoms with E-state index in [2.05, 4.69) is 17.5 Å². The van der Waals surface area contributed by atoms with Crippen molar-refractivity contribution >= 4 is 17.3 Å². The third kappa shape index (κ3) is 2.89. The summed E-state index contributed by atoms with van der Waals surface area (Å²) >= 11 is 0. The molecule has 1 unspecified atom stereocenters. The molecule has 144 valence electrons. The number of allylic oxidation sites excluding steroid dienone is 2. The number of nitro groups is 1. The van der Waals surface area contributed by atoms with Gasteiger partial charge < -0.3 is 14.8 Å². The third-order valence-corrected chi connectivity index (χ3v) is 5.54. The average Bonchev–Trinajstić information content (AvgIpc) is 3.22. The Balaban J connectivity index is 1.76. The van der Waals surface area contributed by atoms with E-state index in [0.717, 1.165) is 23.2 Å². The van der Waals surface area contributed by atoms with Crippen LogP contribution in [-0.2, 0) is 4.74 Å². The Hall–Kier alpha value is -3.35. The van der Waals surface area contributed by atoms with Crippen molar-refractivity contribution in [1.82, 2.24) is 0 Å². The van der Waals surface area contributed by atoms with E-state index in [0.29, 0.717) is 11.3 Å². The summed E-state index contributed by atoms with van der Waals surface area (Å²) in [6, 6.07) is 10.4. The van der Waals surface area contributed by atoms with Gasteiger partial charge in [-0.1, -0.05) is 24.3 Å². The second-order valence-electron chi connectivity index (χ2n) is 6.96. The molecule has 2 aliphatic rings. The molecule has 1 aliphatic heterocycles. The van der Waals surface area contributed by atoms with Crippen LogP contribution in [0.15, 0.2) is 48.6 Å². The highest BCUT2D eigenvalue weighted by atomic mass is 16.6. The molecule has 0 aromatic heterocycles. The van der Waals surface area contributed by atoms with Crippen molar-refractivity contribution in [2.75, 3.05) is 19.5 Å². The summed E-state index contributed by atoms with van der Waals surface area (Å²) in [5, 5.41) is 14.8. The molecule has 28 heavy (non-hydrogen) atoms. The van der Waals surface area contributed by atoms with Gasteiger partial charge in [0.05, 0.1) is 42.5 Å². The number of hydrogen-bond acceptors (Lipinski definition) is 6. The zero-order chi connectivity index (χ0) is 19.8. The third-order valence-electron chi connectivity index (χ3n) is 5.54. The molecule has 2 aromatic carbocycles. The molecule has 2 aromatic rings. The fourth-order valence-electron chi connectivity index (χ4n) is 4.19. The Kier molecular flexibility index (Phi) is 4.50. The molecule has 0 bridgehead atoms. The molecule has 0 radical (unpaired) electrons. The Morgan fingerprint density at radius 2 is 1.96 bits per heavy atom. The first-order valence-corrected chi connectivity index (χ1v) is 9.01. The monoisotopic (exact) mass is 380 g/mol. The maximum Gasteiger partial charge on any atom is 0.337 e. The van der Waals surface area contributed by atoms with Crippen LogP contribution in [0.25, 0.3) is 0 Å². The topological polar surface area (TPSA) is 90.7 Å². The molecule has 1 N–H and O–H groups in total. The number of non-ortho nitro benzene ring substituents is 1. The molecular formula is C21H20N2O5. The minimum Gasteiger partial charge on any atom is -0.494 e. The number of rotatable bonds is 4. The van der Waals surface area contributed by atoms with Crippen molar-refractivity contribution in [2.24, 2.45) is 5.92 Å². The second kappa shape index (κ2) is 6.99. The molecule has 0 saturated heterocycles. The van der Waals surface area contributed by atoms with Crippen molar-refractivity contribution in [3.05, 3.63) is 75.4 Å². The molecule has 0 fully saturated rings. The summed E-state index contributed by atoms with van der Waals surface area (Å²) in [6.07, 6.45) is 5.10. The van der Waals surface area contributed by atoms with Gasteiger partial charge in [0.15, 0.2) is 0 Å². The second-order valence-corrected chi connectivity index (χ2v) is 6.96. The summed E-state index contributed by atoms with van der Waals surface area (Å²) < 4.78 is 10.2. The molecule has 4 rings (SSSR count). The van der Waals surface area contributed by atoms with Crippen LogP contribution in [0.2, 0.25) is 0 Å². The quantitative estimate of drug-likeness (QED) is 0.370. The van der Waals surface area contributed by atoms with E-state index >= 15 is 0 Å². The van der Waals surface area contributed by atoms with Gasteiger partial charge in [0.25, 0.3) is 5.69 Å². The van der Waals surface area contributed by atoms with Crippen LogP contribution in [0.3, 0.4) is 0 Å². The number of fused-ring (bicyclic) bond motifs is 3. The van der Waals surface area contributed by atoms with Crippen LogP contribution < -0.4 is 10.1 Å². The van der Waals surface area contributed by atoms with Gasteiger partial charge in [-0.3, -0.25) is 10.1 Å². The van der Waals surface area contributed by atoms with Gasteiger partial charge in [0.1, 0.15) is 5.75 Å². The van der Waals surface area contributed by atoms with Crippen molar-refractivity contribution < 1.29 is 19.2 Å². The highest BCUT2D eigenvalue weighted by Crippen LogP contribution is 2.53. The first-order chi connectivity index (χ1) is 13.5. The van der Waals surface area contributed by atoms with Crippen LogP contribution in [-0.4, -0.2) is 25.1 Å². The molecule has 1 aliphatic carbocycles. The van der Waals surface area contributed by atoms with Crippen LogP contribution in [0.1, 0.15) is 39.9 Å². The molecule has 0 amide bonds. The maximum absolute atomic E-state index is 11.7. The van der Waals surface area contributed by atoms with Gasteiger partial charge >= 0.3 is 5.97 Å². The minimum atomic E-state index is -0.395. The zero-order valence-electron chi connectivity index (χ0n) is 15.5. The molecule has 0 spiro atoms. The number of methoxy groups -OCH3 is 2. The van der Waals surface area contributed by atoms with Gasteiger partial charge in [0, 0.05) is 12.0 Å². The van der Waals surface area contributed by atoms with Gasteiger partial charge in [-0.05, 0) is 35.6 Å². The lowest BCUT2D eigenvalue weighted by molar-refractivity contribution is -0.385. The van der Waals surface area contributed by atoms with Crippen molar-refractivity contribution in [3.63, 3.8) is 0 Å². The maximum atomic E-state index is 11.7. The average molecular weight is 380 g/mol. The highest BCUT2D eigenvalue weighted by molar-refractivity contribution is 5.89. The number of benzene rings is 2. The lowest BCUT2D eigenvalue weighted by Crippen LogP contribution is -2.29. The number of carbonyl (C=O) groups is 1. The van der Waals surface area contributed by atoms with Crippen molar-refractivity contribution in [2.45, 2.75) is 18.4 Å². The summed E-state index contributed by atoms with van der Waals surface area (Å²) in [5.74, 6) is 0.375. The van der Waals surface area contributed by atoms with Crippen LogP contribution >= 0.6 is 0 Å². The largest absolute Gasteiger partial charge is 0.494 e. The number of hydrogen-bond donors (Lipinski definition) is 1. The lowest BCUT2D eigenvalue weighted by atomic mass is 9.76. The summed E-state index contributed by atoms with van der Waals surface area (Å²) in [5.41, 5.74) is 3.22. The Morgan fingerprint density at radius 3 is 2.61 bits per heavy atom. The summed E-state index contributed by atoms with van der Waals surface area (Å²) in [7, 11) is 2.87. The number of esters is 1. The van der Waals surface area contributed by atoms with Crippen LogP contribution in [0.4, 0.5) is 11.4 Å². The normalized spacial score (nSPS) is 22.0. The molecule has 7 nitrogen and oxygen atoms in total. The number of carbonyl (C=O) groups excluding carboxylic acids is 1. The molecule has 7 heteroatoms. The predicted molar refractivity (Wildman–Crippen MR) is 104 cm³/mol. The van der Waals surface area contributed by atoms with E-state index in [1.54, 1.807) is 18.2 Å². The van der Waals surface area contributed by atoms with Crippen LogP contribution in [0.5, 0.6) is 5.75 Å². The molecule has 3 atom stereocenters. The van der Waals surface area contributed by atoms with E-state index in [1.165, 1.54) is 20.3 Å². The SMILES string of the molecule is COC(=O)c1ccc(C2Nc3c(OC)cc([N+](=O)[O-])cc3[C@@H]3C=CC[C@H]23)cc1. The smallest absolute Gasteiger partial charge is 0.337 e. The minimum absolute atomic E-state index is 0.00504. The first kappa shape index (κ1) is 18.0. The lowest BCUT2D eigenvalue weighted by Gasteiger charge is -2.38. The Labute approximate surface area is 162 Å². The summed E-state index contributed by atoms with van der Waals surface area (Å²) in [6.45, 7) is 0. The van der Waals surface area contributed by atoms with Crippen molar-refractivity contribution in [3.8, 4) is 5.75 Å². The number of anilines is 1. The Bertz CT molecular complexity index is 968. The molecular weight excluding hydrogens is 360 g/mol. The van der Waals surface area contributed by atoms with Crippen molar-refractivity contribution in [1.29, 1.82) is 0 Å². The number of nitrogens with zero attached hydrogens (tertiary/aromatic N) is 1. The van der Waals surface area contributed by atoms with E-state index in [1.807, 2.05) is 12.1 Å². The fourth-order valence-corrected chi connectivity index (χ4v) is 4.19. The first-order valence-electron chi connectivity index (χ1n) is 9.01. The zero-order valence-corrected chi connectivity index (χ0v) is 15.5. The van der Waals surface area contributed by atoms with Crippen LogP contribution in [0, 0.1) is 16.0 Å². The van der Waals surface area contributed by atoms with E-state index in [4.69, 9.17) is 9.47 Å². The number of nitro benzene ring substituents is 1. The van der Waals surface area contributed by atoms with E-state index < -0.39 is 4.92 Å². The Morgan fingerprint density at radius 1 is 1.21 bits per heavy atom. The van der Waals surface area contributed by atoms with E-state index in [9.17, 15) is 14.9 Å². The summed E-state index contributed by atoms with van der Waals surface area (Å²) in [4.78, 5) is 22.6.